The van der Waals surface area contributed by atoms with Gasteiger partial charge in [-0.05, 0) is 12.1 Å². The molecule has 4 rings (SSSR count). The fourth-order valence-electron chi connectivity index (χ4n) is 3.63. The van der Waals surface area contributed by atoms with Gasteiger partial charge in [0.1, 0.15) is 13.2 Å². The molecule has 2 fully saturated rings. The number of aliphatic carboxylic acids is 1. The number of carboxylic acids is 1. The monoisotopic (exact) mass is 376 g/mol. The van der Waals surface area contributed by atoms with Crippen molar-refractivity contribution in [2.24, 2.45) is 5.92 Å². The Labute approximate surface area is 155 Å². The molecule has 2 unspecified atom stereocenters. The number of anilines is 1. The number of hydrogen-bond acceptors (Lipinski definition) is 6. The number of amides is 2. The Morgan fingerprint density at radius 2 is 1.89 bits per heavy atom. The van der Waals surface area contributed by atoms with Gasteiger partial charge in [0.25, 0.3) is 0 Å². The number of nitrogens with zero attached hydrogens (tertiary/aromatic N) is 2. The van der Waals surface area contributed by atoms with Crippen molar-refractivity contribution in [2.45, 2.75) is 12.5 Å². The van der Waals surface area contributed by atoms with E-state index in [2.05, 4.69) is 0 Å². The van der Waals surface area contributed by atoms with E-state index < -0.39 is 17.9 Å². The summed E-state index contributed by atoms with van der Waals surface area (Å²) in [5.41, 5.74) is 0.635. The average Bonchev–Trinajstić information content (AvgIpc) is 3.08. The highest BCUT2D eigenvalue weighted by atomic mass is 16.6. The molecule has 0 spiro atoms. The van der Waals surface area contributed by atoms with Crippen LogP contribution in [-0.4, -0.2) is 73.3 Å². The minimum Gasteiger partial charge on any atom is -0.486 e. The highest BCUT2D eigenvalue weighted by molar-refractivity contribution is 6.01. The lowest BCUT2D eigenvalue weighted by molar-refractivity contribution is -0.160. The number of benzene rings is 1. The fraction of sp³-hybridized carbons (Fsp3) is 0.500. The molecule has 9 nitrogen and oxygen atoms in total. The lowest BCUT2D eigenvalue weighted by Gasteiger charge is -2.34. The summed E-state index contributed by atoms with van der Waals surface area (Å²) in [6, 6.07) is 4.22. The third-order valence-corrected chi connectivity index (χ3v) is 5.01. The third-order valence-electron chi connectivity index (χ3n) is 5.01. The van der Waals surface area contributed by atoms with Crippen LogP contribution in [0.15, 0.2) is 18.2 Å². The van der Waals surface area contributed by atoms with Crippen molar-refractivity contribution >= 4 is 23.5 Å². The second kappa shape index (κ2) is 7.07. The predicted molar refractivity (Wildman–Crippen MR) is 91.8 cm³/mol. The first kappa shape index (κ1) is 17.6. The number of fused-ring (bicyclic) bond motifs is 1. The Bertz CT molecular complexity index is 781. The van der Waals surface area contributed by atoms with E-state index in [-0.39, 0.29) is 37.9 Å². The number of rotatable bonds is 3. The van der Waals surface area contributed by atoms with Crippen LogP contribution in [0.1, 0.15) is 6.42 Å². The molecular weight excluding hydrogens is 356 g/mol. The van der Waals surface area contributed by atoms with Gasteiger partial charge in [-0.3, -0.25) is 9.59 Å². The summed E-state index contributed by atoms with van der Waals surface area (Å²) in [7, 11) is 0. The minimum atomic E-state index is -1.10. The quantitative estimate of drug-likeness (QED) is 0.799. The highest BCUT2D eigenvalue weighted by Gasteiger charge is 2.41. The molecular formula is C18H20N2O7. The SMILES string of the molecule is O=C(O)C1COCCN1C(=O)C1CC(=O)N(c2ccc3c(c2)OCCO3)C1. The van der Waals surface area contributed by atoms with Gasteiger partial charge in [0.15, 0.2) is 17.5 Å². The first-order valence-electron chi connectivity index (χ1n) is 8.85. The van der Waals surface area contributed by atoms with Crippen molar-refractivity contribution in [3.63, 3.8) is 0 Å². The van der Waals surface area contributed by atoms with Crippen molar-refractivity contribution < 1.29 is 33.7 Å². The second-order valence-corrected chi connectivity index (χ2v) is 6.69. The topological polar surface area (TPSA) is 106 Å². The van der Waals surface area contributed by atoms with Gasteiger partial charge in [-0.2, -0.15) is 0 Å². The van der Waals surface area contributed by atoms with Crippen molar-refractivity contribution in [3.8, 4) is 11.5 Å². The van der Waals surface area contributed by atoms with Gasteiger partial charge >= 0.3 is 5.97 Å². The summed E-state index contributed by atoms with van der Waals surface area (Å²) < 4.78 is 16.2. The molecule has 3 heterocycles. The van der Waals surface area contributed by atoms with E-state index in [1.807, 2.05) is 0 Å². The van der Waals surface area contributed by atoms with E-state index in [9.17, 15) is 19.5 Å². The summed E-state index contributed by atoms with van der Waals surface area (Å²) in [5.74, 6) is -0.978. The highest BCUT2D eigenvalue weighted by Crippen LogP contribution is 2.36. The van der Waals surface area contributed by atoms with Gasteiger partial charge < -0.3 is 29.1 Å². The fourth-order valence-corrected chi connectivity index (χ4v) is 3.63. The molecule has 27 heavy (non-hydrogen) atoms. The number of carboxylic acid groups (broad SMARTS) is 1. The summed E-state index contributed by atoms with van der Waals surface area (Å²) in [6.07, 6.45) is 0.0526. The smallest absolute Gasteiger partial charge is 0.328 e. The van der Waals surface area contributed by atoms with Gasteiger partial charge in [0.05, 0.1) is 19.1 Å². The van der Waals surface area contributed by atoms with Crippen LogP contribution in [-0.2, 0) is 19.1 Å². The van der Waals surface area contributed by atoms with Gasteiger partial charge in [-0.15, -0.1) is 0 Å². The van der Waals surface area contributed by atoms with Crippen LogP contribution in [0.5, 0.6) is 11.5 Å². The van der Waals surface area contributed by atoms with E-state index in [1.165, 1.54) is 9.80 Å². The maximum absolute atomic E-state index is 12.9. The molecule has 0 aliphatic carbocycles. The number of carbonyl (C=O) groups excluding carboxylic acids is 2. The zero-order chi connectivity index (χ0) is 19.0. The van der Waals surface area contributed by atoms with Crippen molar-refractivity contribution in [1.29, 1.82) is 0 Å². The van der Waals surface area contributed by atoms with Crippen LogP contribution in [0.2, 0.25) is 0 Å². The van der Waals surface area contributed by atoms with E-state index in [0.29, 0.717) is 37.0 Å². The molecule has 1 aromatic rings. The summed E-state index contributed by atoms with van der Waals surface area (Å²) in [5, 5.41) is 9.32. The third kappa shape index (κ3) is 3.30. The number of ether oxygens (including phenoxy) is 3. The van der Waals surface area contributed by atoms with Crippen LogP contribution in [0.4, 0.5) is 5.69 Å². The lowest BCUT2D eigenvalue weighted by atomic mass is 10.1. The Balaban J connectivity index is 1.50. The Morgan fingerprint density at radius 3 is 2.67 bits per heavy atom. The normalized spacial score (nSPS) is 24.8. The molecule has 9 heteroatoms. The molecule has 1 aromatic carbocycles. The Kier molecular flexibility index (Phi) is 4.61. The van der Waals surface area contributed by atoms with Crippen molar-refractivity contribution in [1.82, 2.24) is 4.90 Å². The second-order valence-electron chi connectivity index (χ2n) is 6.69. The maximum Gasteiger partial charge on any atom is 0.328 e. The van der Waals surface area contributed by atoms with E-state index in [4.69, 9.17) is 14.2 Å². The van der Waals surface area contributed by atoms with Crippen LogP contribution in [0.25, 0.3) is 0 Å². The molecule has 2 amide bonds. The maximum atomic E-state index is 12.9. The van der Waals surface area contributed by atoms with Gasteiger partial charge in [0, 0.05) is 31.3 Å². The minimum absolute atomic E-state index is 0.0341. The van der Waals surface area contributed by atoms with Crippen LogP contribution >= 0.6 is 0 Å². The Morgan fingerprint density at radius 1 is 1.11 bits per heavy atom. The van der Waals surface area contributed by atoms with E-state index in [1.54, 1.807) is 18.2 Å². The zero-order valence-electron chi connectivity index (χ0n) is 14.6. The summed E-state index contributed by atoms with van der Waals surface area (Å²) >= 11 is 0. The summed E-state index contributed by atoms with van der Waals surface area (Å²) in [6.45, 7) is 1.61. The van der Waals surface area contributed by atoms with Gasteiger partial charge in [-0.25, -0.2) is 4.79 Å². The molecule has 1 N–H and O–H groups in total. The van der Waals surface area contributed by atoms with Crippen molar-refractivity contribution in [3.05, 3.63) is 18.2 Å². The number of hydrogen-bond donors (Lipinski definition) is 1. The molecule has 0 bridgehead atoms. The molecule has 0 saturated carbocycles. The molecule has 3 aliphatic rings. The summed E-state index contributed by atoms with van der Waals surface area (Å²) in [4.78, 5) is 39.6. The predicted octanol–water partition coefficient (Wildman–Crippen LogP) is 0.123. The van der Waals surface area contributed by atoms with Gasteiger partial charge in [0.2, 0.25) is 11.8 Å². The van der Waals surface area contributed by atoms with Gasteiger partial charge in [-0.1, -0.05) is 0 Å². The lowest BCUT2D eigenvalue weighted by Crippen LogP contribution is -2.54. The number of carbonyl (C=O) groups is 3. The van der Waals surface area contributed by atoms with Crippen LogP contribution < -0.4 is 14.4 Å². The Hall–Kier alpha value is -2.81. The standard InChI is InChI=1S/C18H20N2O7/c21-16-7-11(17(22)19-3-4-25-10-13(19)18(23)24)9-20(16)12-1-2-14-15(8-12)27-6-5-26-14/h1-2,8,11,13H,3-7,9-10H2,(H,23,24). The first-order valence-corrected chi connectivity index (χ1v) is 8.85. The molecule has 0 aromatic heterocycles. The number of morpholine rings is 1. The van der Waals surface area contributed by atoms with Crippen LogP contribution in [0.3, 0.4) is 0 Å². The molecule has 3 aliphatic heterocycles. The van der Waals surface area contributed by atoms with Crippen molar-refractivity contribution in [2.75, 3.05) is 44.4 Å². The molecule has 2 atom stereocenters. The molecule has 0 radical (unpaired) electrons. The zero-order valence-corrected chi connectivity index (χ0v) is 14.6. The van der Waals surface area contributed by atoms with Crippen LogP contribution in [0, 0.1) is 5.92 Å². The largest absolute Gasteiger partial charge is 0.486 e. The van der Waals surface area contributed by atoms with E-state index >= 15 is 0 Å². The molecule has 2 saturated heterocycles. The average molecular weight is 376 g/mol. The molecule has 144 valence electrons. The first-order chi connectivity index (χ1) is 13.0. The van der Waals surface area contributed by atoms with E-state index in [0.717, 1.165) is 0 Å².